The number of hydrogen-bond donors (Lipinski definition) is 0. The maximum atomic E-state index is 5.81. The summed E-state index contributed by atoms with van der Waals surface area (Å²) in [6, 6.07) is 1.15. The van der Waals surface area contributed by atoms with E-state index < -0.39 is 8.56 Å². The number of unbranched alkanes of at least 4 members (excludes halogenated alkanes) is 5. The summed E-state index contributed by atoms with van der Waals surface area (Å²) in [4.78, 5) is 0. The molecule has 2 nitrogen and oxygen atoms in total. The molecular weight excluding hydrogens is 216 g/mol. The summed E-state index contributed by atoms with van der Waals surface area (Å²) in [6.45, 7) is 10.2. The fraction of sp³-hybridized carbons (Fsp3) is 1.00. The van der Waals surface area contributed by atoms with Crippen molar-refractivity contribution in [2.24, 2.45) is 0 Å². The Morgan fingerprint density at radius 1 is 0.750 bits per heavy atom. The van der Waals surface area contributed by atoms with Crippen LogP contribution in [0, 0.1) is 0 Å². The summed E-state index contributed by atoms with van der Waals surface area (Å²) in [5.74, 6) is 0. The van der Waals surface area contributed by atoms with Gasteiger partial charge in [-0.15, -0.1) is 0 Å². The van der Waals surface area contributed by atoms with E-state index in [9.17, 15) is 0 Å². The fourth-order valence-electron chi connectivity index (χ4n) is 2.02. The molecule has 0 aliphatic carbocycles. The molecule has 0 radical (unpaired) electrons. The largest absolute Gasteiger partial charge is 0.395 e. The first-order valence-corrected chi connectivity index (χ1v) is 9.48. The van der Waals surface area contributed by atoms with Gasteiger partial charge in [0.1, 0.15) is 0 Å². The quantitative estimate of drug-likeness (QED) is 0.395. The Morgan fingerprint density at radius 3 is 1.75 bits per heavy atom. The highest BCUT2D eigenvalue weighted by molar-refractivity contribution is 6.66. The van der Waals surface area contributed by atoms with Crippen LogP contribution in [0.25, 0.3) is 0 Å². The van der Waals surface area contributed by atoms with Crippen molar-refractivity contribution >= 4 is 8.56 Å². The van der Waals surface area contributed by atoms with Crippen molar-refractivity contribution in [3.63, 3.8) is 0 Å². The van der Waals surface area contributed by atoms with E-state index >= 15 is 0 Å². The van der Waals surface area contributed by atoms with E-state index in [-0.39, 0.29) is 0 Å². The van der Waals surface area contributed by atoms with Gasteiger partial charge in [-0.3, -0.25) is 0 Å². The molecule has 0 heterocycles. The minimum absolute atomic E-state index is 0.790. The molecule has 0 spiro atoms. The second kappa shape index (κ2) is 10.3. The predicted octanol–water partition coefficient (Wildman–Crippen LogP) is 4.49. The third kappa shape index (κ3) is 8.31. The van der Waals surface area contributed by atoms with Gasteiger partial charge in [0.15, 0.2) is 0 Å². The van der Waals surface area contributed by atoms with Crippen molar-refractivity contribution in [1.82, 2.24) is 0 Å². The molecule has 0 aliphatic heterocycles. The van der Waals surface area contributed by atoms with E-state index in [1.54, 1.807) is 0 Å². The average Bonchev–Trinajstić information content (AvgIpc) is 2.24. The van der Waals surface area contributed by atoms with E-state index in [4.69, 9.17) is 8.85 Å². The van der Waals surface area contributed by atoms with Crippen LogP contribution in [0.2, 0.25) is 12.6 Å². The van der Waals surface area contributed by atoms with Gasteiger partial charge < -0.3 is 8.85 Å². The molecule has 0 fully saturated rings. The van der Waals surface area contributed by atoms with Crippen LogP contribution in [0.5, 0.6) is 0 Å². The lowest BCUT2D eigenvalue weighted by molar-refractivity contribution is 0.188. The number of rotatable bonds is 11. The van der Waals surface area contributed by atoms with E-state index in [1.807, 2.05) is 0 Å². The summed E-state index contributed by atoms with van der Waals surface area (Å²) in [6.07, 6.45) is 8.07. The van der Waals surface area contributed by atoms with E-state index in [2.05, 4.69) is 27.3 Å². The molecule has 0 aromatic heterocycles. The average molecular weight is 246 g/mol. The lowest BCUT2D eigenvalue weighted by atomic mass is 10.1. The Balaban J connectivity index is 3.59. The van der Waals surface area contributed by atoms with Crippen molar-refractivity contribution in [3.05, 3.63) is 0 Å². The summed E-state index contributed by atoms with van der Waals surface area (Å²) in [7, 11) is -1.82. The maximum Gasteiger partial charge on any atom is 0.334 e. The monoisotopic (exact) mass is 246 g/mol. The van der Waals surface area contributed by atoms with Gasteiger partial charge in [0.2, 0.25) is 0 Å². The first-order chi connectivity index (χ1) is 7.68. The van der Waals surface area contributed by atoms with Gasteiger partial charge in [-0.1, -0.05) is 45.4 Å². The van der Waals surface area contributed by atoms with Crippen LogP contribution < -0.4 is 0 Å². The molecular formula is C13H30O2Si. The van der Waals surface area contributed by atoms with Gasteiger partial charge in [-0.2, -0.15) is 0 Å². The molecule has 0 saturated carbocycles. The van der Waals surface area contributed by atoms with Crippen LogP contribution in [0.1, 0.15) is 59.3 Å². The second-order valence-electron chi connectivity index (χ2n) is 4.52. The van der Waals surface area contributed by atoms with Crippen LogP contribution in [-0.2, 0) is 8.85 Å². The third-order valence-electron chi connectivity index (χ3n) is 2.88. The zero-order valence-corrected chi connectivity index (χ0v) is 12.7. The molecule has 0 unspecified atom stereocenters. The Labute approximate surface area is 103 Å². The molecule has 0 amide bonds. The summed E-state index contributed by atoms with van der Waals surface area (Å²) in [5, 5.41) is 0. The van der Waals surface area contributed by atoms with Crippen molar-refractivity contribution in [2.75, 3.05) is 13.2 Å². The highest BCUT2D eigenvalue weighted by Crippen LogP contribution is 2.18. The second-order valence-corrected chi connectivity index (χ2v) is 7.86. The normalized spacial score (nSPS) is 12.0. The summed E-state index contributed by atoms with van der Waals surface area (Å²) >= 11 is 0. The first-order valence-electron chi connectivity index (χ1n) is 6.96. The summed E-state index contributed by atoms with van der Waals surface area (Å²) in [5.41, 5.74) is 0. The Kier molecular flexibility index (Phi) is 10.4. The molecule has 0 aromatic rings. The molecule has 98 valence electrons. The van der Waals surface area contributed by atoms with Gasteiger partial charge in [0.05, 0.1) is 0 Å². The molecule has 16 heavy (non-hydrogen) atoms. The van der Waals surface area contributed by atoms with Crippen LogP contribution in [0.3, 0.4) is 0 Å². The highest BCUT2D eigenvalue weighted by Gasteiger charge is 2.29. The Hall–Kier alpha value is 0.137. The van der Waals surface area contributed by atoms with E-state index in [0.717, 1.165) is 19.3 Å². The molecule has 0 bridgehead atoms. The van der Waals surface area contributed by atoms with Crippen molar-refractivity contribution in [3.8, 4) is 0 Å². The molecule has 0 N–H and O–H groups in total. The highest BCUT2D eigenvalue weighted by atomic mass is 28.4. The smallest absolute Gasteiger partial charge is 0.334 e. The fourth-order valence-corrected chi connectivity index (χ4v) is 4.51. The minimum atomic E-state index is -1.82. The maximum absolute atomic E-state index is 5.81. The third-order valence-corrected chi connectivity index (χ3v) is 5.94. The van der Waals surface area contributed by atoms with Crippen LogP contribution in [0.4, 0.5) is 0 Å². The van der Waals surface area contributed by atoms with Crippen LogP contribution in [-0.4, -0.2) is 21.8 Å². The first kappa shape index (κ1) is 16.1. The standard InChI is InChI=1S/C13H30O2Si/c1-5-8-9-10-11-12-13-16(4,14-6-2)15-7-3/h5-13H2,1-4H3. The zero-order chi connectivity index (χ0) is 12.3. The van der Waals surface area contributed by atoms with Crippen LogP contribution in [0.15, 0.2) is 0 Å². The Bertz CT molecular complexity index is 145. The molecule has 3 heteroatoms. The minimum Gasteiger partial charge on any atom is -0.395 e. The molecule has 0 rings (SSSR count). The van der Waals surface area contributed by atoms with Crippen molar-refractivity contribution < 1.29 is 8.85 Å². The van der Waals surface area contributed by atoms with Gasteiger partial charge in [-0.25, -0.2) is 0 Å². The lowest BCUT2D eigenvalue weighted by Gasteiger charge is -2.25. The topological polar surface area (TPSA) is 18.5 Å². The molecule has 0 atom stereocenters. The molecule has 0 saturated heterocycles. The predicted molar refractivity (Wildman–Crippen MR) is 73.1 cm³/mol. The van der Waals surface area contributed by atoms with E-state index in [0.29, 0.717) is 0 Å². The molecule has 0 aromatic carbocycles. The van der Waals surface area contributed by atoms with Crippen molar-refractivity contribution in [2.45, 2.75) is 71.9 Å². The Morgan fingerprint density at radius 2 is 1.25 bits per heavy atom. The number of hydrogen-bond acceptors (Lipinski definition) is 2. The van der Waals surface area contributed by atoms with Gasteiger partial charge in [0.25, 0.3) is 0 Å². The van der Waals surface area contributed by atoms with Crippen molar-refractivity contribution in [1.29, 1.82) is 0 Å². The SMILES string of the molecule is CCCCCCCC[Si](C)(OCC)OCC. The van der Waals surface area contributed by atoms with Gasteiger partial charge in [-0.05, 0) is 26.4 Å². The molecule has 0 aliphatic rings. The van der Waals surface area contributed by atoms with Gasteiger partial charge in [0, 0.05) is 13.2 Å². The zero-order valence-electron chi connectivity index (χ0n) is 11.7. The summed E-state index contributed by atoms with van der Waals surface area (Å²) < 4.78 is 11.6. The lowest BCUT2D eigenvalue weighted by Crippen LogP contribution is -2.38. The van der Waals surface area contributed by atoms with E-state index in [1.165, 1.54) is 38.5 Å². The van der Waals surface area contributed by atoms with Gasteiger partial charge >= 0.3 is 8.56 Å². The van der Waals surface area contributed by atoms with Crippen LogP contribution >= 0.6 is 0 Å².